The highest BCUT2D eigenvalue weighted by Gasteiger charge is 2.39. The van der Waals surface area contributed by atoms with E-state index in [1.54, 1.807) is 55.5 Å². The fourth-order valence-corrected chi connectivity index (χ4v) is 5.47. The van der Waals surface area contributed by atoms with Crippen molar-refractivity contribution in [2.24, 2.45) is 5.10 Å². The third kappa shape index (κ3) is 4.74. The lowest BCUT2D eigenvalue weighted by molar-refractivity contribution is 0.320. The first-order valence-electron chi connectivity index (χ1n) is 10.1. The lowest BCUT2D eigenvalue weighted by Gasteiger charge is -2.21. The van der Waals surface area contributed by atoms with Crippen molar-refractivity contribution in [2.75, 3.05) is 17.6 Å². The minimum atomic E-state index is -3.98. The molecule has 0 saturated heterocycles. The van der Waals surface area contributed by atoms with Crippen LogP contribution in [0, 0.1) is 0 Å². The van der Waals surface area contributed by atoms with Crippen molar-refractivity contribution in [3.63, 3.8) is 0 Å². The Morgan fingerprint density at radius 1 is 1.06 bits per heavy atom. The third-order valence-corrected chi connectivity index (χ3v) is 8.22. The maximum atomic E-state index is 13.4. The van der Waals surface area contributed by atoms with E-state index in [1.807, 2.05) is 0 Å². The maximum absolute atomic E-state index is 13.4. The normalized spacial score (nSPS) is 16.5. The molecule has 11 heteroatoms. The Balaban J connectivity index is 1.68. The van der Waals surface area contributed by atoms with Crippen LogP contribution in [-0.4, -0.2) is 39.8 Å². The summed E-state index contributed by atoms with van der Waals surface area (Å²) in [5.41, 5.74) is 1.64. The molecule has 2 heterocycles. The first kappa shape index (κ1) is 22.9. The Hall–Kier alpha value is -3.31. The molecule has 9 nitrogen and oxygen atoms in total. The molecule has 33 heavy (non-hydrogen) atoms. The van der Waals surface area contributed by atoms with Gasteiger partial charge in [0.2, 0.25) is 10.0 Å². The number of rotatable bonds is 8. The van der Waals surface area contributed by atoms with Crippen LogP contribution in [0.2, 0.25) is 0 Å². The van der Waals surface area contributed by atoms with Gasteiger partial charge in [-0.05, 0) is 61.0 Å². The molecule has 2 aromatic carbocycles. The van der Waals surface area contributed by atoms with Crippen molar-refractivity contribution in [2.45, 2.75) is 24.3 Å². The monoisotopic (exact) mass is 489 g/mol. The van der Waals surface area contributed by atoms with Crippen LogP contribution in [-0.2, 0) is 20.0 Å². The number of hydrazone groups is 1. The fourth-order valence-electron chi connectivity index (χ4n) is 3.42. The van der Waals surface area contributed by atoms with Gasteiger partial charge < -0.3 is 9.15 Å². The zero-order valence-corrected chi connectivity index (χ0v) is 19.6. The lowest BCUT2D eigenvalue weighted by Crippen LogP contribution is -2.27. The number of hydrogen-bond donors (Lipinski definition) is 1. The van der Waals surface area contributed by atoms with Gasteiger partial charge in [-0.1, -0.05) is 12.1 Å². The molecule has 4 rings (SSSR count). The molecule has 1 aromatic heterocycles. The average Bonchev–Trinajstić information content (AvgIpc) is 3.50. The highest BCUT2D eigenvalue weighted by atomic mass is 32.2. The molecule has 0 unspecified atom stereocenters. The lowest BCUT2D eigenvalue weighted by atomic mass is 10.0. The van der Waals surface area contributed by atoms with E-state index < -0.39 is 26.1 Å². The Bertz CT molecular complexity index is 1350. The summed E-state index contributed by atoms with van der Waals surface area (Å²) in [5, 5.41) is 4.44. The summed E-state index contributed by atoms with van der Waals surface area (Å²) in [5.74, 6) is 0.976. The molecule has 0 spiro atoms. The van der Waals surface area contributed by atoms with Crippen LogP contribution in [0.3, 0.4) is 0 Å². The van der Waals surface area contributed by atoms with E-state index >= 15 is 0 Å². The van der Waals surface area contributed by atoms with Crippen LogP contribution in [0.1, 0.15) is 30.7 Å². The zero-order chi connectivity index (χ0) is 23.6. The second kappa shape index (κ2) is 8.91. The predicted octanol–water partition coefficient (Wildman–Crippen LogP) is 3.59. The van der Waals surface area contributed by atoms with Crippen molar-refractivity contribution in [1.29, 1.82) is 0 Å². The van der Waals surface area contributed by atoms with E-state index in [2.05, 4.69) is 9.82 Å². The summed E-state index contributed by atoms with van der Waals surface area (Å²) in [7, 11) is -5.87. The smallest absolute Gasteiger partial charge is 0.279 e. The van der Waals surface area contributed by atoms with Gasteiger partial charge in [0.25, 0.3) is 10.0 Å². The summed E-state index contributed by atoms with van der Waals surface area (Å²) in [4.78, 5) is 0.0779. The fraction of sp³-hybridized carbons (Fsp3) is 0.227. The molecule has 1 N–H and O–H groups in total. The van der Waals surface area contributed by atoms with Crippen molar-refractivity contribution in [3.8, 4) is 5.75 Å². The van der Waals surface area contributed by atoms with Crippen LogP contribution < -0.4 is 9.46 Å². The van der Waals surface area contributed by atoms with Crippen LogP contribution in [0.15, 0.2) is 81.3 Å². The second-order valence-electron chi connectivity index (χ2n) is 7.32. The van der Waals surface area contributed by atoms with Crippen LogP contribution in [0.4, 0.5) is 5.69 Å². The van der Waals surface area contributed by atoms with E-state index in [0.717, 1.165) is 4.41 Å². The summed E-state index contributed by atoms with van der Waals surface area (Å²) in [6, 6.07) is 15.5. The Kier molecular flexibility index (Phi) is 6.17. The molecular weight excluding hydrogens is 466 g/mol. The number of methoxy groups -OCH3 is 1. The molecule has 3 aromatic rings. The molecule has 0 fully saturated rings. The number of furan rings is 1. The Morgan fingerprint density at radius 3 is 2.33 bits per heavy atom. The van der Waals surface area contributed by atoms with E-state index in [9.17, 15) is 16.8 Å². The predicted molar refractivity (Wildman–Crippen MR) is 124 cm³/mol. The number of sulfonamides is 2. The molecule has 174 valence electrons. The van der Waals surface area contributed by atoms with Gasteiger partial charge in [0.1, 0.15) is 17.6 Å². The summed E-state index contributed by atoms with van der Waals surface area (Å²) < 4.78 is 64.6. The van der Waals surface area contributed by atoms with Crippen molar-refractivity contribution >= 4 is 31.4 Å². The van der Waals surface area contributed by atoms with Gasteiger partial charge in [-0.15, -0.1) is 0 Å². The molecular formula is C22H23N3O6S2. The third-order valence-electron chi connectivity index (χ3n) is 5.22. The summed E-state index contributed by atoms with van der Waals surface area (Å²) >= 11 is 0. The van der Waals surface area contributed by atoms with E-state index in [-0.39, 0.29) is 10.6 Å². The molecule has 0 saturated carbocycles. The van der Waals surface area contributed by atoms with Gasteiger partial charge in [-0.25, -0.2) is 8.42 Å². The minimum absolute atomic E-state index is 0.0372. The molecule has 0 amide bonds. The number of ether oxygens (including phenoxy) is 1. The topological polar surface area (TPSA) is 118 Å². The zero-order valence-electron chi connectivity index (χ0n) is 18.0. The molecule has 0 bridgehead atoms. The Labute approximate surface area is 192 Å². The largest absolute Gasteiger partial charge is 0.497 e. The maximum Gasteiger partial charge on any atom is 0.279 e. The van der Waals surface area contributed by atoms with Crippen LogP contribution >= 0.6 is 0 Å². The number of nitrogens with zero attached hydrogens (tertiary/aromatic N) is 2. The van der Waals surface area contributed by atoms with Gasteiger partial charge in [0.05, 0.1) is 29.7 Å². The molecule has 0 aliphatic carbocycles. The average molecular weight is 490 g/mol. The molecule has 0 radical (unpaired) electrons. The van der Waals surface area contributed by atoms with E-state index in [4.69, 9.17) is 9.15 Å². The van der Waals surface area contributed by atoms with Crippen molar-refractivity contribution in [1.82, 2.24) is 4.41 Å². The first-order valence-corrected chi connectivity index (χ1v) is 13.2. The number of nitrogens with one attached hydrogen (secondary N) is 1. The van der Waals surface area contributed by atoms with Crippen molar-refractivity contribution < 1.29 is 26.0 Å². The van der Waals surface area contributed by atoms with E-state index in [1.165, 1.54) is 25.5 Å². The number of benzene rings is 2. The van der Waals surface area contributed by atoms with Gasteiger partial charge in [-0.2, -0.15) is 17.9 Å². The molecule has 1 atom stereocenters. The van der Waals surface area contributed by atoms with Gasteiger partial charge in [0, 0.05) is 12.1 Å². The van der Waals surface area contributed by atoms with Gasteiger partial charge in [-0.3, -0.25) is 4.72 Å². The van der Waals surface area contributed by atoms with Crippen LogP contribution in [0.25, 0.3) is 0 Å². The number of anilines is 1. The SMILES string of the molecule is CCS(=O)(=O)Nc1ccc(C2=NN(S(=O)(=O)c3ccc(OC)cc3)[C@H](c3ccco3)C2)cc1. The number of hydrogen-bond acceptors (Lipinski definition) is 7. The molecule has 1 aliphatic rings. The summed E-state index contributed by atoms with van der Waals surface area (Å²) in [6.45, 7) is 1.55. The quantitative estimate of drug-likeness (QED) is 0.517. The van der Waals surface area contributed by atoms with Gasteiger partial charge in [0.15, 0.2) is 0 Å². The minimum Gasteiger partial charge on any atom is -0.497 e. The molecule has 1 aliphatic heterocycles. The summed E-state index contributed by atoms with van der Waals surface area (Å²) in [6.07, 6.45) is 1.78. The van der Waals surface area contributed by atoms with Gasteiger partial charge >= 0.3 is 0 Å². The van der Waals surface area contributed by atoms with Crippen LogP contribution in [0.5, 0.6) is 5.75 Å². The van der Waals surface area contributed by atoms with E-state index in [0.29, 0.717) is 34.9 Å². The Morgan fingerprint density at radius 2 is 1.76 bits per heavy atom. The highest BCUT2D eigenvalue weighted by molar-refractivity contribution is 7.92. The first-order chi connectivity index (χ1) is 15.7. The second-order valence-corrected chi connectivity index (χ2v) is 11.1. The highest BCUT2D eigenvalue weighted by Crippen LogP contribution is 2.37. The standard InChI is InChI=1S/C22H23N3O6S2/c1-3-32(26,27)24-17-8-6-16(7-9-17)20-15-21(22-5-4-14-31-22)25(23-20)33(28,29)19-12-10-18(30-2)11-13-19/h4-14,21,24H,3,15H2,1-2H3/t21-/m0/s1. The van der Waals surface area contributed by atoms with Crippen molar-refractivity contribution in [3.05, 3.63) is 78.3 Å².